The largest absolute Gasteiger partial charge is 0.350 e. The molecule has 23 heavy (non-hydrogen) atoms. The van der Waals surface area contributed by atoms with Gasteiger partial charge in [0.05, 0.1) is 5.69 Å². The number of hydrogen-bond acceptors (Lipinski definition) is 3. The van der Waals surface area contributed by atoms with Crippen LogP contribution in [-0.2, 0) is 6.54 Å². The molecule has 0 bridgehead atoms. The van der Waals surface area contributed by atoms with E-state index >= 15 is 0 Å². The van der Waals surface area contributed by atoms with Gasteiger partial charge in [-0.05, 0) is 31.0 Å². The molecular formula is C16H15ClN4O2. The van der Waals surface area contributed by atoms with Crippen molar-refractivity contribution in [3.8, 4) is 5.69 Å². The third-order valence-electron chi connectivity index (χ3n) is 3.62. The molecule has 0 saturated carbocycles. The topological polar surface area (TPSA) is 61.3 Å². The standard InChI is InChI=1S/C16H15ClN4O2/c1-3-4-7-21-16(23)20-9-8-19(15(22)14(20)18-21)12-6-5-11(2)13(17)10-12/h3,5-6,8-10H,1,4,7H2,2H3. The van der Waals surface area contributed by atoms with Crippen LogP contribution in [0.1, 0.15) is 12.0 Å². The summed E-state index contributed by atoms with van der Waals surface area (Å²) in [6, 6.07) is 5.34. The Morgan fingerprint density at radius 2 is 2.09 bits per heavy atom. The highest BCUT2D eigenvalue weighted by Crippen LogP contribution is 2.18. The predicted molar refractivity (Wildman–Crippen MR) is 89.6 cm³/mol. The molecule has 0 aliphatic rings. The van der Waals surface area contributed by atoms with Gasteiger partial charge >= 0.3 is 11.2 Å². The summed E-state index contributed by atoms with van der Waals surface area (Å²) in [6.45, 7) is 5.89. The zero-order valence-electron chi connectivity index (χ0n) is 12.6. The maximum absolute atomic E-state index is 12.6. The average molecular weight is 331 g/mol. The van der Waals surface area contributed by atoms with E-state index in [-0.39, 0.29) is 16.9 Å². The molecule has 3 rings (SSSR count). The van der Waals surface area contributed by atoms with Crippen LogP contribution in [0.4, 0.5) is 0 Å². The van der Waals surface area contributed by atoms with Gasteiger partial charge in [0.1, 0.15) is 0 Å². The summed E-state index contributed by atoms with van der Waals surface area (Å²) in [4.78, 5) is 24.8. The number of benzene rings is 1. The van der Waals surface area contributed by atoms with E-state index in [2.05, 4.69) is 11.7 Å². The number of nitrogens with zero attached hydrogens (tertiary/aromatic N) is 4. The molecule has 0 atom stereocenters. The van der Waals surface area contributed by atoms with E-state index in [0.717, 1.165) is 5.56 Å². The SMILES string of the molecule is C=CCCn1nc2c(=O)n(-c3ccc(C)c(Cl)c3)ccn2c1=O. The minimum Gasteiger partial charge on any atom is -0.280 e. The van der Waals surface area contributed by atoms with Crippen molar-refractivity contribution >= 4 is 17.2 Å². The smallest absolute Gasteiger partial charge is 0.280 e. The second-order valence-electron chi connectivity index (χ2n) is 5.18. The van der Waals surface area contributed by atoms with E-state index in [1.165, 1.54) is 26.0 Å². The number of halogens is 1. The van der Waals surface area contributed by atoms with Gasteiger partial charge in [0.25, 0.3) is 0 Å². The van der Waals surface area contributed by atoms with E-state index < -0.39 is 0 Å². The fourth-order valence-electron chi connectivity index (χ4n) is 2.30. The van der Waals surface area contributed by atoms with Gasteiger partial charge in [-0.3, -0.25) is 9.36 Å². The minimum atomic E-state index is -0.373. The van der Waals surface area contributed by atoms with Crippen LogP contribution in [0.5, 0.6) is 0 Å². The molecule has 2 aromatic heterocycles. The second kappa shape index (κ2) is 5.89. The van der Waals surface area contributed by atoms with E-state index in [4.69, 9.17) is 11.6 Å². The van der Waals surface area contributed by atoms with Crippen LogP contribution in [0.3, 0.4) is 0 Å². The molecular weight excluding hydrogens is 316 g/mol. The van der Waals surface area contributed by atoms with Crippen molar-refractivity contribution in [1.29, 1.82) is 0 Å². The molecule has 118 valence electrons. The van der Waals surface area contributed by atoms with Crippen molar-refractivity contribution in [2.45, 2.75) is 19.9 Å². The number of fused-ring (bicyclic) bond motifs is 1. The zero-order valence-corrected chi connectivity index (χ0v) is 13.3. The highest BCUT2D eigenvalue weighted by atomic mass is 35.5. The van der Waals surface area contributed by atoms with E-state index in [9.17, 15) is 9.59 Å². The normalized spacial score (nSPS) is 11.0. The van der Waals surface area contributed by atoms with Crippen molar-refractivity contribution in [2.24, 2.45) is 0 Å². The Morgan fingerprint density at radius 1 is 1.30 bits per heavy atom. The van der Waals surface area contributed by atoms with Gasteiger partial charge in [-0.15, -0.1) is 11.7 Å². The summed E-state index contributed by atoms with van der Waals surface area (Å²) in [5, 5.41) is 4.70. The van der Waals surface area contributed by atoms with Crippen LogP contribution in [0.15, 0.2) is 52.8 Å². The quantitative estimate of drug-likeness (QED) is 0.689. The first kappa shape index (κ1) is 15.3. The Balaban J connectivity index is 2.19. The molecule has 0 spiro atoms. The van der Waals surface area contributed by atoms with Crippen molar-refractivity contribution in [2.75, 3.05) is 0 Å². The van der Waals surface area contributed by atoms with E-state index in [0.29, 0.717) is 23.7 Å². The van der Waals surface area contributed by atoms with Gasteiger partial charge in [-0.1, -0.05) is 23.7 Å². The van der Waals surface area contributed by atoms with Crippen LogP contribution in [0.25, 0.3) is 11.3 Å². The van der Waals surface area contributed by atoms with Crippen LogP contribution in [0, 0.1) is 6.92 Å². The van der Waals surface area contributed by atoms with Crippen LogP contribution in [-0.4, -0.2) is 18.7 Å². The first-order chi connectivity index (χ1) is 11.0. The Hall–Kier alpha value is -2.60. The second-order valence-corrected chi connectivity index (χ2v) is 5.59. The summed E-state index contributed by atoms with van der Waals surface area (Å²) >= 11 is 6.12. The molecule has 0 unspecified atom stereocenters. The van der Waals surface area contributed by atoms with Gasteiger partial charge in [0, 0.05) is 24.0 Å². The molecule has 0 aliphatic heterocycles. The van der Waals surface area contributed by atoms with E-state index in [1.54, 1.807) is 18.2 Å². The van der Waals surface area contributed by atoms with Gasteiger partial charge in [-0.25, -0.2) is 13.9 Å². The lowest BCUT2D eigenvalue weighted by molar-refractivity contribution is 0.601. The third kappa shape index (κ3) is 2.61. The molecule has 1 aromatic carbocycles. The molecule has 0 N–H and O–H groups in total. The predicted octanol–water partition coefficient (Wildman–Crippen LogP) is 2.18. The molecule has 0 amide bonds. The maximum Gasteiger partial charge on any atom is 0.350 e. The highest BCUT2D eigenvalue weighted by Gasteiger charge is 2.12. The van der Waals surface area contributed by atoms with Crippen LogP contribution in [0.2, 0.25) is 5.02 Å². The fraction of sp³-hybridized carbons (Fsp3) is 0.188. The summed E-state index contributed by atoms with van der Waals surface area (Å²) < 4.78 is 3.94. The number of hydrogen-bond donors (Lipinski definition) is 0. The summed E-state index contributed by atoms with van der Waals surface area (Å²) in [7, 11) is 0. The Morgan fingerprint density at radius 3 is 2.78 bits per heavy atom. The third-order valence-corrected chi connectivity index (χ3v) is 4.03. The highest BCUT2D eigenvalue weighted by molar-refractivity contribution is 6.31. The molecule has 0 saturated heterocycles. The van der Waals surface area contributed by atoms with Gasteiger partial charge in [0.2, 0.25) is 5.65 Å². The average Bonchev–Trinajstić information content (AvgIpc) is 2.86. The first-order valence-electron chi connectivity index (χ1n) is 7.11. The number of aromatic nitrogens is 4. The van der Waals surface area contributed by atoms with Crippen molar-refractivity contribution in [3.63, 3.8) is 0 Å². The maximum atomic E-state index is 12.6. The molecule has 3 aromatic rings. The molecule has 2 heterocycles. The zero-order chi connectivity index (χ0) is 16.6. The Labute approximate surface area is 136 Å². The van der Waals surface area contributed by atoms with Gasteiger partial charge in [-0.2, -0.15) is 0 Å². The Kier molecular flexibility index (Phi) is 3.92. The lowest BCUT2D eigenvalue weighted by Gasteiger charge is -2.07. The van der Waals surface area contributed by atoms with Crippen LogP contribution < -0.4 is 11.2 Å². The fourth-order valence-corrected chi connectivity index (χ4v) is 2.48. The molecule has 0 radical (unpaired) electrons. The first-order valence-corrected chi connectivity index (χ1v) is 7.49. The monoisotopic (exact) mass is 330 g/mol. The Bertz CT molecular complexity index is 1010. The number of rotatable bonds is 4. The molecule has 0 aliphatic carbocycles. The van der Waals surface area contributed by atoms with Crippen molar-refractivity contribution in [1.82, 2.24) is 18.7 Å². The lowest BCUT2D eigenvalue weighted by Crippen LogP contribution is -2.24. The van der Waals surface area contributed by atoms with Crippen LogP contribution >= 0.6 is 11.6 Å². The molecule has 6 nitrogen and oxygen atoms in total. The lowest BCUT2D eigenvalue weighted by atomic mass is 10.2. The summed E-state index contributed by atoms with van der Waals surface area (Å²) in [6.07, 6.45) is 5.37. The summed E-state index contributed by atoms with van der Waals surface area (Å²) in [5.41, 5.74) is 0.920. The van der Waals surface area contributed by atoms with Gasteiger partial charge < -0.3 is 0 Å². The number of allylic oxidation sites excluding steroid dienone is 1. The molecule has 0 fully saturated rings. The van der Waals surface area contributed by atoms with E-state index in [1.807, 2.05) is 13.0 Å². The van der Waals surface area contributed by atoms with Crippen molar-refractivity contribution in [3.05, 3.63) is 74.7 Å². The van der Waals surface area contributed by atoms with Gasteiger partial charge in [0.15, 0.2) is 0 Å². The summed E-state index contributed by atoms with van der Waals surface area (Å²) in [5.74, 6) is 0. The number of aryl methyl sites for hydroxylation is 2. The van der Waals surface area contributed by atoms with Crippen molar-refractivity contribution < 1.29 is 0 Å². The minimum absolute atomic E-state index is 0.0817. The molecule has 7 heteroatoms.